The summed E-state index contributed by atoms with van der Waals surface area (Å²) in [6.45, 7) is 18.5. The van der Waals surface area contributed by atoms with E-state index in [0.29, 0.717) is 6.42 Å². The summed E-state index contributed by atoms with van der Waals surface area (Å²) in [4.78, 5) is 131. The summed E-state index contributed by atoms with van der Waals surface area (Å²) in [5, 5.41) is 24.2. The Balaban J connectivity index is 0.720. The molecule has 2 N–H and O–H groups in total. The number of benzene rings is 7. The predicted molar refractivity (Wildman–Crippen MR) is 475 cm³/mol. The smallest absolute Gasteiger partial charge is 0.338 e. The van der Waals surface area contributed by atoms with Crippen molar-refractivity contribution < 1.29 is 134 Å². The average molecular weight is 1830 g/mol. The Morgan fingerprint density at radius 1 is 0.406 bits per heavy atom. The highest BCUT2D eigenvalue weighted by Gasteiger charge is 2.71. The van der Waals surface area contributed by atoms with Gasteiger partial charge in [-0.05, 0) is 194 Å². The Morgan fingerprint density at radius 3 is 1.38 bits per heavy atom. The minimum Gasteiger partial charge on any atom is -0.460 e. The van der Waals surface area contributed by atoms with Gasteiger partial charge >= 0.3 is 53.7 Å². The lowest BCUT2D eigenvalue weighted by Crippen LogP contribution is -2.67. The summed E-state index contributed by atoms with van der Waals surface area (Å²) in [5.41, 5.74) is 0.565. The number of hydrogen-bond acceptors (Lipinski definition) is 28. The maximum absolute atomic E-state index is 15.2. The van der Waals surface area contributed by atoms with Gasteiger partial charge in [0.1, 0.15) is 49.8 Å². The topological polar surface area (TPSA) is 351 Å². The second-order valence-electron chi connectivity index (χ2n) is 38.8. The number of hydrogen-bond donors (Lipinski definition) is 2. The lowest BCUT2D eigenvalue weighted by atomic mass is 9.33. The Labute approximate surface area is 773 Å². The van der Waals surface area contributed by atoms with Gasteiger partial charge in [-0.2, -0.15) is 0 Å². The van der Waals surface area contributed by atoms with Crippen LogP contribution >= 0.6 is 0 Å². The maximum Gasteiger partial charge on any atom is 0.338 e. The zero-order chi connectivity index (χ0) is 93.9. The number of carbonyl (C=O) groups excluding carboxylic acids is 9. The molecule has 26 atom stereocenters. The molecule has 0 amide bonds. The van der Waals surface area contributed by atoms with E-state index in [1.807, 2.05) is 30.3 Å². The molecule has 28 nitrogen and oxygen atoms in total. The van der Waals surface area contributed by atoms with Crippen LogP contribution < -0.4 is 0 Å². The van der Waals surface area contributed by atoms with Crippen LogP contribution in [-0.4, -0.2) is 200 Å². The zero-order valence-corrected chi connectivity index (χ0v) is 76.4. The van der Waals surface area contributed by atoms with Crippen LogP contribution in [0.25, 0.3) is 0 Å². The van der Waals surface area contributed by atoms with Gasteiger partial charge in [-0.25, -0.2) is 28.8 Å². The van der Waals surface area contributed by atoms with E-state index in [2.05, 4.69) is 54.5 Å². The minimum absolute atomic E-state index is 0.0120. The highest BCUT2D eigenvalue weighted by Crippen LogP contribution is 2.76. The minimum atomic E-state index is -2.11. The van der Waals surface area contributed by atoms with Crippen molar-refractivity contribution in [3.8, 4) is 0 Å². The maximum atomic E-state index is 15.2. The molecule has 4 saturated carbocycles. The van der Waals surface area contributed by atoms with E-state index in [-0.39, 0.29) is 92.0 Å². The number of rotatable bonds is 26. The van der Waals surface area contributed by atoms with E-state index >= 15 is 9.59 Å². The van der Waals surface area contributed by atoms with Crippen molar-refractivity contribution in [2.75, 3.05) is 19.8 Å². The molecular formula is C105H118O28. The third-order valence-electron chi connectivity index (χ3n) is 29.8. The van der Waals surface area contributed by atoms with Crippen LogP contribution in [-0.2, 0) is 102 Å². The lowest BCUT2D eigenvalue weighted by Gasteiger charge is -2.71. The highest BCUT2D eigenvalue weighted by molar-refractivity contribution is 5.93. The average Bonchev–Trinajstić information content (AvgIpc) is 0.673. The van der Waals surface area contributed by atoms with Gasteiger partial charge in [-0.1, -0.05) is 200 Å². The van der Waals surface area contributed by atoms with E-state index in [1.165, 1.54) is 85.3 Å². The Bertz CT molecular complexity index is 5300. The van der Waals surface area contributed by atoms with E-state index < -0.39 is 189 Å². The van der Waals surface area contributed by atoms with Gasteiger partial charge in [0.25, 0.3) is 0 Å². The molecule has 0 spiro atoms. The number of allylic oxidation sites excluding steroid dienone is 2. The van der Waals surface area contributed by atoms with Crippen LogP contribution in [0, 0.1) is 50.2 Å². The lowest BCUT2D eigenvalue weighted by molar-refractivity contribution is -0.382. The van der Waals surface area contributed by atoms with Gasteiger partial charge in [-0.15, -0.1) is 0 Å². The molecule has 8 fully saturated rings. The van der Waals surface area contributed by atoms with E-state index in [4.69, 9.17) is 80.5 Å². The summed E-state index contributed by atoms with van der Waals surface area (Å²) in [5.74, 6) is -7.66. The second-order valence-corrected chi connectivity index (χ2v) is 38.8. The molecule has 4 saturated heterocycles. The Morgan fingerprint density at radius 2 is 0.850 bits per heavy atom. The molecule has 7 aromatic rings. The fourth-order valence-electron chi connectivity index (χ4n) is 22.7. The Hall–Kier alpha value is -10.9. The molecule has 0 radical (unpaired) electrons. The zero-order valence-electron chi connectivity index (χ0n) is 76.4. The quantitative estimate of drug-likeness (QED) is 0.0220. The second kappa shape index (κ2) is 40.0. The number of aliphatic hydroxyl groups is 2. The van der Waals surface area contributed by atoms with Gasteiger partial charge in [0, 0.05) is 13.8 Å². The van der Waals surface area contributed by atoms with E-state index in [9.17, 15) is 43.8 Å². The number of aliphatic hydroxyl groups excluding tert-OH is 2. The van der Waals surface area contributed by atoms with Gasteiger partial charge in [0.2, 0.25) is 0 Å². The van der Waals surface area contributed by atoms with E-state index in [0.717, 1.165) is 77.2 Å². The Kier molecular flexibility index (Phi) is 28.6. The van der Waals surface area contributed by atoms with Gasteiger partial charge in [0.05, 0.1) is 64.2 Å². The largest absolute Gasteiger partial charge is 0.460 e. The van der Waals surface area contributed by atoms with Crippen molar-refractivity contribution in [2.45, 2.75) is 257 Å². The van der Waals surface area contributed by atoms with Crippen LogP contribution in [0.2, 0.25) is 0 Å². The van der Waals surface area contributed by atoms with Crippen molar-refractivity contribution in [3.63, 3.8) is 0 Å². The monoisotopic (exact) mass is 1830 g/mol. The van der Waals surface area contributed by atoms with Gasteiger partial charge < -0.3 is 90.7 Å². The molecule has 0 bridgehead atoms. The molecule has 4 heterocycles. The molecule has 5 aliphatic carbocycles. The fourth-order valence-corrected chi connectivity index (χ4v) is 22.7. The van der Waals surface area contributed by atoms with Crippen molar-refractivity contribution in [1.29, 1.82) is 0 Å². The molecule has 9 aliphatic rings. The molecule has 133 heavy (non-hydrogen) atoms. The number of fused-ring (bicyclic) bond motifs is 7. The summed E-state index contributed by atoms with van der Waals surface area (Å²) in [7, 11) is 0. The highest BCUT2D eigenvalue weighted by atomic mass is 16.8. The van der Waals surface area contributed by atoms with Crippen molar-refractivity contribution >= 4 is 53.7 Å². The van der Waals surface area contributed by atoms with Crippen LogP contribution in [0.3, 0.4) is 0 Å². The summed E-state index contributed by atoms with van der Waals surface area (Å²) in [6, 6.07) is 56.1. The first-order valence-corrected chi connectivity index (χ1v) is 46.1. The molecule has 16 rings (SSSR count). The van der Waals surface area contributed by atoms with Crippen molar-refractivity contribution in [3.05, 3.63) is 263 Å². The molecule has 7 aromatic carbocycles. The third kappa shape index (κ3) is 19.9. The van der Waals surface area contributed by atoms with E-state index in [1.54, 1.807) is 109 Å². The normalized spacial score (nSPS) is 34.1. The number of ether oxygens (including phenoxy) is 17. The SMILES string of the molecule is CC(=O)O[C@@H]1[C@@H](O[C@@H]2OC[C@@H](O[C@@H]3O[C@H](COC(=O)c4ccccc4)[C@@H](OC(=O)c4ccccc4)[C@H](OC(=O)c4ccccc4)[C@H]3OC(=O)c3ccccc3)[C@H](OC(=O)c3ccccc3)[C@H]2OC(=O)c2ccccc2)[C@@H](OC(C)=O)[C@H](O[C@H]2[C@H](O[C@H]3CC[C@]4(C)[C@H]5CC=C6[C@@H]7CC(C)(C)CC[C@]7(C(=O)OCc7ccccc7)CC[C@@]6(C)[C@]5(C)CC[C@H]4C3(C)C)OC[C@H](O)[C@@H]2O)O[C@H]1C. The van der Waals surface area contributed by atoms with Crippen LogP contribution in [0.4, 0.5) is 0 Å². The van der Waals surface area contributed by atoms with Crippen molar-refractivity contribution in [1.82, 2.24) is 0 Å². The molecule has 28 heteroatoms. The van der Waals surface area contributed by atoms with Gasteiger partial charge in [-0.3, -0.25) is 14.4 Å². The summed E-state index contributed by atoms with van der Waals surface area (Å²) < 4.78 is 112. The first kappa shape index (κ1) is 95.3. The molecule has 0 unspecified atom stereocenters. The fraction of sp³-hybridized carbons (Fsp3) is 0.495. The molecular weight excluding hydrogens is 1710 g/mol. The molecule has 4 aliphatic heterocycles. The van der Waals surface area contributed by atoms with Crippen LogP contribution in [0.5, 0.6) is 0 Å². The predicted octanol–water partition coefficient (Wildman–Crippen LogP) is 14.8. The molecule has 706 valence electrons. The van der Waals surface area contributed by atoms with Crippen LogP contribution in [0.1, 0.15) is 201 Å². The first-order chi connectivity index (χ1) is 63.8. The standard InChI is InChI=1S/C105H118O28/c1-61-80(122-62(2)106)84(87(123-63(3)107)97(121-61)132-83-79(109)73(108)58-118-95(83)126-78-49-50-102(8)76(101(78,6)7)48-51-104(10)77(102)47-46-71-72-56-100(4,5)52-54-105(72,55-53-103(71,104)9)99(116)120-57-64-32-18-11-19-33-64)133-96-86(130-93(114)69-42-28-16-29-43-69)82(128-91(112)67-38-24-14-25-39-67)75(60-119-96)125-98-88(131-94(115)70-44-30-17-31-45-70)85(129-92(113)68-40-26-15-27-41-68)81(127-90(111)66-36-22-13-23-37-66)74(124-98)59-117-89(110)65-34-20-12-21-35-65/h11-46,61,72-88,95-98,108-109H,47-60H2,1-10H3/t61-,72-,73-,74+,75+,76-,77+,78-,79-,80-,81+,82-,83+,84+,85-,86+,87+,88+,95-,96-,97-,98-,102-,103+,104+,105-/m0/s1. The summed E-state index contributed by atoms with van der Waals surface area (Å²) in [6.07, 6.45) is -22.4. The number of esters is 9. The number of carbonyl (C=O) groups is 9. The van der Waals surface area contributed by atoms with Crippen molar-refractivity contribution in [2.24, 2.45) is 50.2 Å². The summed E-state index contributed by atoms with van der Waals surface area (Å²) >= 11 is 0. The molecule has 0 aromatic heterocycles. The van der Waals surface area contributed by atoms with Gasteiger partial charge in [0.15, 0.2) is 67.9 Å². The third-order valence-corrected chi connectivity index (χ3v) is 29.8. The first-order valence-electron chi connectivity index (χ1n) is 46.1. The van der Waals surface area contributed by atoms with Crippen LogP contribution in [0.15, 0.2) is 224 Å².